The van der Waals surface area contributed by atoms with Gasteiger partial charge in [0.25, 0.3) is 0 Å². The van der Waals surface area contributed by atoms with Crippen LogP contribution in [0.1, 0.15) is 18.1 Å². The number of carbonyl (C=O) groups excluding carboxylic acids is 1. The number of methoxy groups -OCH3 is 1. The molecule has 1 saturated heterocycles. The molecule has 0 amide bonds. The molecule has 0 radical (unpaired) electrons. The first-order valence-electron chi connectivity index (χ1n) is 10.00. The third-order valence-electron chi connectivity index (χ3n) is 4.77. The highest BCUT2D eigenvalue weighted by molar-refractivity contribution is 5.58. The molecule has 1 heterocycles. The summed E-state index contributed by atoms with van der Waals surface area (Å²) in [6.45, 7) is 1.62. The molecule has 0 saturated carbocycles. The lowest BCUT2D eigenvalue weighted by atomic mass is 10.0. The minimum atomic E-state index is -1.70. The topological polar surface area (TPSA) is 133 Å². The third-order valence-corrected chi connectivity index (χ3v) is 4.77. The molecular weight excluding hydrogens is 424 g/mol. The monoisotopic (exact) mass is 450 g/mol. The zero-order chi connectivity index (χ0) is 23.1. The first-order chi connectivity index (χ1) is 15.4. The first-order valence-corrected chi connectivity index (χ1v) is 10.00. The smallest absolute Gasteiger partial charge is 0.497 e. The van der Waals surface area contributed by atoms with Crippen molar-refractivity contribution in [2.75, 3.05) is 13.7 Å². The number of para-hydroxylation sites is 1. The maximum atomic E-state index is 11.3. The van der Waals surface area contributed by atoms with Gasteiger partial charge in [-0.05, 0) is 36.2 Å². The van der Waals surface area contributed by atoms with E-state index in [0.717, 1.165) is 16.9 Å². The minimum Gasteiger partial charge on any atom is -0.497 e. The van der Waals surface area contributed by atoms with Crippen LogP contribution in [0.15, 0.2) is 48.5 Å². The largest absolute Gasteiger partial charge is 0.540 e. The Bertz CT molecular complexity index is 871. The predicted molar refractivity (Wildman–Crippen MR) is 109 cm³/mol. The van der Waals surface area contributed by atoms with E-state index in [2.05, 4.69) is 9.62 Å². The summed E-state index contributed by atoms with van der Waals surface area (Å²) in [4.78, 5) is 20.4. The number of hydrogen-bond donors (Lipinski definition) is 3. The zero-order valence-corrected chi connectivity index (χ0v) is 17.6. The Morgan fingerprint density at radius 3 is 2.34 bits per heavy atom. The van der Waals surface area contributed by atoms with Crippen LogP contribution < -0.4 is 9.47 Å². The van der Waals surface area contributed by atoms with Crippen LogP contribution >= 0.6 is 0 Å². The number of aliphatic hydroxyl groups excluding tert-OH is 3. The fourth-order valence-electron chi connectivity index (χ4n) is 3.08. The number of rotatable bonds is 8. The maximum absolute atomic E-state index is 11.3. The predicted octanol–water partition coefficient (Wildman–Crippen LogP) is 1.53. The van der Waals surface area contributed by atoms with Crippen LogP contribution in [0.5, 0.6) is 11.5 Å². The molecule has 0 unspecified atom stereocenters. The molecule has 1 aliphatic heterocycles. The summed E-state index contributed by atoms with van der Waals surface area (Å²) in [5.74, 6) is 1.13. The molecule has 5 atom stereocenters. The molecule has 1 fully saturated rings. The normalized spacial score (nSPS) is 25.1. The Morgan fingerprint density at radius 2 is 1.66 bits per heavy atom. The molecule has 32 heavy (non-hydrogen) atoms. The van der Waals surface area contributed by atoms with E-state index in [1.807, 2.05) is 36.4 Å². The highest BCUT2D eigenvalue weighted by Gasteiger charge is 2.47. The van der Waals surface area contributed by atoms with E-state index in [4.69, 9.17) is 19.1 Å². The van der Waals surface area contributed by atoms with E-state index in [1.165, 1.54) is 0 Å². The van der Waals surface area contributed by atoms with Gasteiger partial charge >= 0.3 is 6.16 Å². The van der Waals surface area contributed by atoms with E-state index in [-0.39, 0.29) is 6.61 Å². The van der Waals surface area contributed by atoms with Gasteiger partial charge in [-0.25, -0.2) is 4.79 Å². The number of benzene rings is 2. The average Bonchev–Trinajstić information content (AvgIpc) is 2.80. The van der Waals surface area contributed by atoms with Gasteiger partial charge < -0.3 is 34.3 Å². The van der Waals surface area contributed by atoms with Crippen LogP contribution in [-0.4, -0.2) is 66.1 Å². The Morgan fingerprint density at radius 1 is 0.969 bits per heavy atom. The van der Waals surface area contributed by atoms with Gasteiger partial charge in [-0.1, -0.05) is 30.3 Å². The van der Waals surface area contributed by atoms with Crippen LogP contribution in [0.2, 0.25) is 0 Å². The average molecular weight is 450 g/mol. The first kappa shape index (κ1) is 23.8. The van der Waals surface area contributed by atoms with Gasteiger partial charge in [0, 0.05) is 6.42 Å². The fraction of sp³-hybridized carbons (Fsp3) is 0.409. The number of aliphatic hydroxyl groups is 3. The summed E-state index contributed by atoms with van der Waals surface area (Å²) in [5, 5.41) is 30.6. The summed E-state index contributed by atoms with van der Waals surface area (Å²) in [5.41, 5.74) is 1.78. The SMILES string of the molecule is CCOC(=O)OO[C@H]1O[C@@H](Oc2ccccc2Cc2ccc(OC)cc2)[C@H](O)[C@@H](O)[C@@H]1O. The van der Waals surface area contributed by atoms with Crippen LogP contribution in [0.4, 0.5) is 4.79 Å². The van der Waals surface area contributed by atoms with E-state index in [1.54, 1.807) is 26.2 Å². The van der Waals surface area contributed by atoms with Crippen molar-refractivity contribution in [3.8, 4) is 11.5 Å². The van der Waals surface area contributed by atoms with Gasteiger partial charge in [-0.15, -0.1) is 4.89 Å². The molecule has 3 N–H and O–H groups in total. The van der Waals surface area contributed by atoms with Crippen molar-refractivity contribution in [2.45, 2.75) is 44.2 Å². The van der Waals surface area contributed by atoms with Crippen molar-refractivity contribution in [3.05, 3.63) is 59.7 Å². The van der Waals surface area contributed by atoms with Crippen molar-refractivity contribution < 1.29 is 48.8 Å². The zero-order valence-electron chi connectivity index (χ0n) is 17.6. The fourth-order valence-corrected chi connectivity index (χ4v) is 3.08. The van der Waals surface area contributed by atoms with Crippen LogP contribution in [0, 0.1) is 0 Å². The second-order valence-electron chi connectivity index (χ2n) is 6.96. The summed E-state index contributed by atoms with van der Waals surface area (Å²) in [6.07, 6.45) is -8.64. The lowest BCUT2D eigenvalue weighted by Gasteiger charge is -2.38. The van der Waals surface area contributed by atoms with Crippen LogP contribution in [0.3, 0.4) is 0 Å². The Kier molecular flexibility index (Phi) is 8.26. The van der Waals surface area contributed by atoms with Crippen LogP contribution in [-0.2, 0) is 25.7 Å². The van der Waals surface area contributed by atoms with E-state index < -0.39 is 37.0 Å². The highest BCUT2D eigenvalue weighted by atomic mass is 17.3. The van der Waals surface area contributed by atoms with Crippen molar-refractivity contribution in [2.24, 2.45) is 0 Å². The van der Waals surface area contributed by atoms with Gasteiger partial charge in [-0.3, -0.25) is 4.89 Å². The number of ether oxygens (including phenoxy) is 4. The third kappa shape index (κ3) is 5.87. The molecule has 0 spiro atoms. The second kappa shape index (κ2) is 11.1. The highest BCUT2D eigenvalue weighted by Crippen LogP contribution is 2.28. The van der Waals surface area contributed by atoms with Crippen molar-refractivity contribution in [3.63, 3.8) is 0 Å². The van der Waals surface area contributed by atoms with Gasteiger partial charge in [-0.2, -0.15) is 0 Å². The number of carbonyl (C=O) groups is 1. The summed E-state index contributed by atoms with van der Waals surface area (Å²) in [7, 11) is 1.59. The second-order valence-corrected chi connectivity index (χ2v) is 6.96. The van der Waals surface area contributed by atoms with E-state index in [0.29, 0.717) is 12.2 Å². The summed E-state index contributed by atoms with van der Waals surface area (Å²) in [6, 6.07) is 14.6. The Labute approximate surface area is 184 Å². The Balaban J connectivity index is 1.71. The van der Waals surface area contributed by atoms with E-state index >= 15 is 0 Å². The van der Waals surface area contributed by atoms with Crippen molar-refractivity contribution in [1.29, 1.82) is 0 Å². The van der Waals surface area contributed by atoms with E-state index in [9.17, 15) is 20.1 Å². The van der Waals surface area contributed by atoms with Gasteiger partial charge in [0.15, 0.2) is 0 Å². The van der Waals surface area contributed by atoms with Gasteiger partial charge in [0.05, 0.1) is 13.7 Å². The maximum Gasteiger partial charge on any atom is 0.540 e. The molecular formula is C22H26O10. The molecule has 0 bridgehead atoms. The standard InChI is InChI=1S/C22H26O10/c1-3-28-22(26)32-31-21-19(25)17(23)18(24)20(30-21)29-16-7-5-4-6-14(16)12-13-8-10-15(27-2)11-9-13/h4-11,17-21,23-25H,3,12H2,1-2H3/t17-,18-,19+,20-,21-/m1/s1. The molecule has 10 nitrogen and oxygen atoms in total. The molecule has 10 heteroatoms. The summed E-state index contributed by atoms with van der Waals surface area (Å²) >= 11 is 0. The molecule has 0 aliphatic carbocycles. The minimum absolute atomic E-state index is 0.0499. The molecule has 2 aromatic rings. The summed E-state index contributed by atoms with van der Waals surface area (Å²) < 4.78 is 20.9. The molecule has 174 valence electrons. The van der Waals surface area contributed by atoms with Gasteiger partial charge in [0.2, 0.25) is 12.6 Å². The lowest BCUT2D eigenvalue weighted by Crippen LogP contribution is -2.59. The van der Waals surface area contributed by atoms with Crippen molar-refractivity contribution in [1.82, 2.24) is 0 Å². The molecule has 2 aromatic carbocycles. The molecule has 1 aliphatic rings. The molecule has 3 rings (SSSR count). The quantitative estimate of drug-likeness (QED) is 0.309. The Hall–Kier alpha value is -2.89. The lowest BCUT2D eigenvalue weighted by molar-refractivity contribution is -0.418. The molecule has 0 aromatic heterocycles. The van der Waals surface area contributed by atoms with Crippen LogP contribution in [0.25, 0.3) is 0 Å². The number of hydrogen-bond acceptors (Lipinski definition) is 10. The van der Waals surface area contributed by atoms with Gasteiger partial charge in [0.1, 0.15) is 29.8 Å². The van der Waals surface area contributed by atoms with Crippen molar-refractivity contribution >= 4 is 6.16 Å².